The van der Waals surface area contributed by atoms with Crippen LogP contribution in [-0.4, -0.2) is 41.6 Å². The second kappa shape index (κ2) is 6.23. The van der Waals surface area contributed by atoms with Crippen molar-refractivity contribution in [3.8, 4) is 0 Å². The van der Waals surface area contributed by atoms with E-state index in [0.29, 0.717) is 0 Å². The van der Waals surface area contributed by atoms with E-state index in [1.165, 1.54) is 0 Å². The molecule has 4 N–H and O–H groups in total. The van der Waals surface area contributed by atoms with Crippen LogP contribution in [0.5, 0.6) is 0 Å². The summed E-state index contributed by atoms with van der Waals surface area (Å²) in [6, 6.07) is -1.37. The molecule has 102 valence electrons. The molecule has 7 heteroatoms. The summed E-state index contributed by atoms with van der Waals surface area (Å²) in [7, 11) is 0. The van der Waals surface area contributed by atoms with Crippen molar-refractivity contribution >= 4 is 17.9 Å². The first kappa shape index (κ1) is 14.3. The van der Waals surface area contributed by atoms with Gasteiger partial charge in [0.15, 0.2) is 0 Å². The van der Waals surface area contributed by atoms with Crippen LogP contribution in [0.3, 0.4) is 0 Å². The maximum Gasteiger partial charge on any atom is 0.326 e. The third-order valence-electron chi connectivity index (χ3n) is 2.57. The molecule has 7 nitrogen and oxygen atoms in total. The van der Waals surface area contributed by atoms with E-state index in [0.717, 1.165) is 12.8 Å². The molecular weight excluding hydrogens is 238 g/mol. The van der Waals surface area contributed by atoms with Gasteiger partial charge in [0, 0.05) is 6.04 Å². The average Bonchev–Trinajstić information content (AvgIpc) is 3.06. The lowest BCUT2D eigenvalue weighted by molar-refractivity contribution is -0.140. The Morgan fingerprint density at radius 1 is 1.28 bits per heavy atom. The number of carboxylic acids is 1. The highest BCUT2D eigenvalue weighted by molar-refractivity contribution is 5.86. The van der Waals surface area contributed by atoms with Crippen LogP contribution in [0.4, 0.5) is 4.79 Å². The molecule has 0 unspecified atom stereocenters. The minimum atomic E-state index is -1.09. The van der Waals surface area contributed by atoms with E-state index < -0.39 is 18.0 Å². The first-order valence-electron chi connectivity index (χ1n) is 5.96. The standard InChI is InChI=1S/C11H19N3O4/c1-6(2)9(10(16)17)14-11(18)12-5-8(15)13-7-3-4-7/h6-7,9H,3-5H2,1-2H3,(H,13,15)(H,16,17)(H2,12,14,18)/t9-/m1/s1. The number of hydrogen-bond acceptors (Lipinski definition) is 3. The van der Waals surface area contributed by atoms with Crippen LogP contribution in [0.2, 0.25) is 0 Å². The van der Waals surface area contributed by atoms with Gasteiger partial charge in [0.2, 0.25) is 5.91 Å². The third-order valence-corrected chi connectivity index (χ3v) is 2.57. The number of amides is 3. The minimum Gasteiger partial charge on any atom is -0.480 e. The topological polar surface area (TPSA) is 108 Å². The lowest BCUT2D eigenvalue weighted by atomic mass is 10.1. The molecule has 18 heavy (non-hydrogen) atoms. The molecule has 0 heterocycles. The van der Waals surface area contributed by atoms with Gasteiger partial charge in [-0.15, -0.1) is 0 Å². The van der Waals surface area contributed by atoms with Gasteiger partial charge < -0.3 is 21.1 Å². The smallest absolute Gasteiger partial charge is 0.326 e. The zero-order chi connectivity index (χ0) is 13.7. The zero-order valence-corrected chi connectivity index (χ0v) is 10.5. The molecule has 0 radical (unpaired) electrons. The van der Waals surface area contributed by atoms with Crippen molar-refractivity contribution in [1.82, 2.24) is 16.0 Å². The fraction of sp³-hybridized carbons (Fsp3) is 0.727. The van der Waals surface area contributed by atoms with Crippen molar-refractivity contribution in [2.24, 2.45) is 5.92 Å². The number of nitrogens with one attached hydrogen (secondary N) is 3. The van der Waals surface area contributed by atoms with Crippen molar-refractivity contribution in [3.05, 3.63) is 0 Å². The third kappa shape index (κ3) is 5.03. The predicted molar refractivity (Wildman–Crippen MR) is 64.0 cm³/mol. The molecule has 0 aromatic carbocycles. The number of aliphatic carboxylic acids is 1. The Kier molecular flexibility index (Phi) is 4.94. The fourth-order valence-electron chi connectivity index (χ4n) is 1.37. The summed E-state index contributed by atoms with van der Waals surface area (Å²) >= 11 is 0. The minimum absolute atomic E-state index is 0.146. The van der Waals surface area contributed by atoms with Gasteiger partial charge >= 0.3 is 12.0 Å². The van der Waals surface area contributed by atoms with Gasteiger partial charge in [0.05, 0.1) is 6.54 Å². The van der Waals surface area contributed by atoms with Crippen LogP contribution in [0.15, 0.2) is 0 Å². The summed E-state index contributed by atoms with van der Waals surface area (Å²) in [5.74, 6) is -1.58. The zero-order valence-electron chi connectivity index (χ0n) is 10.5. The highest BCUT2D eigenvalue weighted by atomic mass is 16.4. The van der Waals surface area contributed by atoms with Crippen molar-refractivity contribution in [1.29, 1.82) is 0 Å². The summed E-state index contributed by atoms with van der Waals surface area (Å²) in [5.41, 5.74) is 0. The average molecular weight is 257 g/mol. The van der Waals surface area contributed by atoms with E-state index in [-0.39, 0.29) is 24.4 Å². The Morgan fingerprint density at radius 2 is 1.89 bits per heavy atom. The van der Waals surface area contributed by atoms with Crippen LogP contribution >= 0.6 is 0 Å². The first-order chi connectivity index (χ1) is 8.40. The molecule has 0 aromatic heterocycles. The van der Waals surface area contributed by atoms with E-state index in [9.17, 15) is 14.4 Å². The van der Waals surface area contributed by atoms with E-state index in [1.54, 1.807) is 13.8 Å². The van der Waals surface area contributed by atoms with E-state index >= 15 is 0 Å². The molecule has 0 saturated heterocycles. The summed E-state index contributed by atoms with van der Waals surface area (Å²) in [5, 5.41) is 16.2. The highest BCUT2D eigenvalue weighted by Crippen LogP contribution is 2.18. The van der Waals surface area contributed by atoms with Crippen LogP contribution in [0.1, 0.15) is 26.7 Å². The highest BCUT2D eigenvalue weighted by Gasteiger charge is 2.25. The van der Waals surface area contributed by atoms with Gasteiger partial charge in [-0.05, 0) is 18.8 Å². The van der Waals surface area contributed by atoms with Crippen molar-refractivity contribution in [2.75, 3.05) is 6.54 Å². The Bertz CT molecular complexity index is 339. The van der Waals surface area contributed by atoms with Crippen molar-refractivity contribution in [2.45, 2.75) is 38.8 Å². The Hall–Kier alpha value is -1.79. The maximum atomic E-state index is 11.4. The number of rotatable bonds is 6. The molecule has 0 aliphatic heterocycles. The van der Waals surface area contributed by atoms with Gasteiger partial charge in [-0.1, -0.05) is 13.8 Å². The van der Waals surface area contributed by atoms with Crippen LogP contribution in [-0.2, 0) is 9.59 Å². The summed E-state index contributed by atoms with van der Waals surface area (Å²) in [6.07, 6.45) is 1.96. The van der Waals surface area contributed by atoms with Crippen LogP contribution in [0.25, 0.3) is 0 Å². The summed E-state index contributed by atoms with van der Waals surface area (Å²) in [4.78, 5) is 33.5. The molecule has 1 aliphatic rings. The first-order valence-corrected chi connectivity index (χ1v) is 5.96. The molecule has 1 aliphatic carbocycles. The van der Waals surface area contributed by atoms with Gasteiger partial charge in [-0.25, -0.2) is 9.59 Å². The SMILES string of the molecule is CC(C)[C@@H](NC(=O)NCC(=O)NC1CC1)C(=O)O. The van der Waals surface area contributed by atoms with Gasteiger partial charge in [-0.3, -0.25) is 4.79 Å². The van der Waals surface area contributed by atoms with E-state index in [2.05, 4.69) is 16.0 Å². The van der Waals surface area contributed by atoms with E-state index in [1.807, 2.05) is 0 Å². The molecule has 0 spiro atoms. The molecule has 1 saturated carbocycles. The Labute approximate surface area is 105 Å². The van der Waals surface area contributed by atoms with Gasteiger partial charge in [0.25, 0.3) is 0 Å². The number of carbonyl (C=O) groups is 3. The van der Waals surface area contributed by atoms with E-state index in [4.69, 9.17) is 5.11 Å². The molecule has 0 bridgehead atoms. The Balaban J connectivity index is 2.26. The van der Waals surface area contributed by atoms with Crippen LogP contribution < -0.4 is 16.0 Å². The fourth-order valence-corrected chi connectivity index (χ4v) is 1.37. The summed E-state index contributed by atoms with van der Waals surface area (Å²) in [6.45, 7) is 3.24. The second-order valence-electron chi connectivity index (χ2n) is 4.73. The normalized spacial score (nSPS) is 15.9. The van der Waals surface area contributed by atoms with Crippen LogP contribution in [0, 0.1) is 5.92 Å². The number of urea groups is 1. The molecular formula is C11H19N3O4. The lowest BCUT2D eigenvalue weighted by Crippen LogP contribution is -2.50. The monoisotopic (exact) mass is 257 g/mol. The summed E-state index contributed by atoms with van der Waals surface area (Å²) < 4.78 is 0. The van der Waals surface area contributed by atoms with Gasteiger partial charge in [-0.2, -0.15) is 0 Å². The maximum absolute atomic E-state index is 11.4. The number of carbonyl (C=O) groups excluding carboxylic acids is 2. The molecule has 1 rings (SSSR count). The molecule has 3 amide bonds. The molecule has 1 fully saturated rings. The van der Waals surface area contributed by atoms with Crippen molar-refractivity contribution < 1.29 is 19.5 Å². The molecule has 1 atom stereocenters. The Morgan fingerprint density at radius 3 is 2.33 bits per heavy atom. The molecule has 0 aromatic rings. The van der Waals surface area contributed by atoms with Gasteiger partial charge in [0.1, 0.15) is 6.04 Å². The number of carboxylic acid groups (broad SMARTS) is 1. The van der Waals surface area contributed by atoms with Crippen molar-refractivity contribution in [3.63, 3.8) is 0 Å². The predicted octanol–water partition coefficient (Wildman–Crippen LogP) is -0.327. The lowest BCUT2D eigenvalue weighted by Gasteiger charge is -2.18. The second-order valence-corrected chi connectivity index (χ2v) is 4.73. The number of hydrogen-bond donors (Lipinski definition) is 4. The quantitative estimate of drug-likeness (QED) is 0.522. The largest absolute Gasteiger partial charge is 0.480 e.